The van der Waals surface area contributed by atoms with Gasteiger partial charge in [-0.3, -0.25) is 4.79 Å². The molecule has 0 spiro atoms. The van der Waals surface area contributed by atoms with Gasteiger partial charge in [0.1, 0.15) is 0 Å². The van der Waals surface area contributed by atoms with E-state index in [1.54, 1.807) is 0 Å². The average molecular weight is 300 g/mol. The van der Waals surface area contributed by atoms with Crippen LogP contribution in [0.4, 0.5) is 5.69 Å². The molecule has 0 bridgehead atoms. The van der Waals surface area contributed by atoms with Crippen molar-refractivity contribution in [3.63, 3.8) is 0 Å². The number of anilines is 1. The minimum Gasteiger partial charge on any atom is -0.417 e. The molecule has 0 saturated heterocycles. The van der Waals surface area contributed by atoms with Crippen molar-refractivity contribution in [3.05, 3.63) is 41.6 Å². The number of amides is 1. The molecular formula is C16H20N4O2. The van der Waals surface area contributed by atoms with E-state index in [0.29, 0.717) is 11.8 Å². The van der Waals surface area contributed by atoms with Crippen molar-refractivity contribution in [2.24, 2.45) is 0 Å². The lowest BCUT2D eigenvalue weighted by Crippen LogP contribution is -2.15. The molecule has 6 nitrogen and oxygen atoms in total. The van der Waals surface area contributed by atoms with Crippen LogP contribution in [-0.4, -0.2) is 41.6 Å². The highest BCUT2D eigenvalue weighted by Crippen LogP contribution is 2.39. The van der Waals surface area contributed by atoms with Gasteiger partial charge in [0, 0.05) is 18.2 Å². The first-order valence-electron chi connectivity index (χ1n) is 7.50. The van der Waals surface area contributed by atoms with Crippen molar-refractivity contribution in [1.82, 2.24) is 15.1 Å². The van der Waals surface area contributed by atoms with Gasteiger partial charge in [-0.05, 0) is 51.1 Å². The Kier molecular flexibility index (Phi) is 4.20. The summed E-state index contributed by atoms with van der Waals surface area (Å²) in [6.07, 6.45) is 3.12. The van der Waals surface area contributed by atoms with Crippen LogP contribution in [0.15, 0.2) is 28.7 Å². The zero-order chi connectivity index (χ0) is 15.5. The zero-order valence-electron chi connectivity index (χ0n) is 12.9. The van der Waals surface area contributed by atoms with Crippen molar-refractivity contribution in [2.45, 2.75) is 25.2 Å². The van der Waals surface area contributed by atoms with Crippen LogP contribution in [0.25, 0.3) is 0 Å². The first kappa shape index (κ1) is 14.7. The average Bonchev–Trinajstić information content (AvgIpc) is 3.23. The molecule has 0 atom stereocenters. The molecule has 1 saturated carbocycles. The van der Waals surface area contributed by atoms with Crippen molar-refractivity contribution in [2.75, 3.05) is 26.0 Å². The molecule has 1 aromatic carbocycles. The molecule has 1 N–H and O–H groups in total. The minimum atomic E-state index is -0.361. The van der Waals surface area contributed by atoms with Gasteiger partial charge in [0.25, 0.3) is 0 Å². The first-order chi connectivity index (χ1) is 10.6. The Hall–Kier alpha value is -2.21. The topological polar surface area (TPSA) is 71.3 Å². The highest BCUT2D eigenvalue weighted by molar-refractivity contribution is 6.00. The van der Waals surface area contributed by atoms with E-state index in [2.05, 4.69) is 34.5 Å². The lowest BCUT2D eigenvalue weighted by molar-refractivity contribution is 0.0988. The number of nitrogens with zero attached hydrogens (tertiary/aromatic N) is 3. The van der Waals surface area contributed by atoms with E-state index < -0.39 is 0 Å². The molecule has 0 radical (unpaired) electrons. The summed E-state index contributed by atoms with van der Waals surface area (Å²) < 4.78 is 5.39. The Morgan fingerprint density at radius 3 is 2.64 bits per heavy atom. The number of nitrogens with one attached hydrogen (secondary N) is 1. The second-order valence-electron chi connectivity index (χ2n) is 5.92. The molecule has 1 fully saturated rings. The third-order valence-electron chi connectivity index (χ3n) is 3.62. The van der Waals surface area contributed by atoms with Crippen LogP contribution in [0.3, 0.4) is 0 Å². The normalized spacial score (nSPS) is 14.3. The molecular weight excluding hydrogens is 280 g/mol. The van der Waals surface area contributed by atoms with Crippen molar-refractivity contribution < 1.29 is 9.21 Å². The zero-order valence-corrected chi connectivity index (χ0v) is 12.9. The molecule has 3 rings (SSSR count). The molecule has 22 heavy (non-hydrogen) atoms. The Balaban J connectivity index is 1.58. The van der Waals surface area contributed by atoms with Crippen LogP contribution in [0.1, 0.15) is 40.9 Å². The summed E-state index contributed by atoms with van der Waals surface area (Å²) in [6, 6.07) is 7.81. The second-order valence-corrected chi connectivity index (χ2v) is 5.92. The molecule has 1 amide bonds. The van der Waals surface area contributed by atoms with E-state index in [9.17, 15) is 4.79 Å². The molecule has 0 aliphatic heterocycles. The molecule has 1 aliphatic carbocycles. The fourth-order valence-corrected chi connectivity index (χ4v) is 2.11. The molecule has 116 valence electrons. The number of carbonyl (C=O) groups is 1. The Labute approximate surface area is 129 Å². The number of likely N-dealkylation sites (N-methyl/N-ethyl adjacent to an activating group) is 1. The fraction of sp³-hybridized carbons (Fsp3) is 0.438. The lowest BCUT2D eigenvalue weighted by atomic mass is 10.1. The summed E-state index contributed by atoms with van der Waals surface area (Å²) in [4.78, 5) is 14.2. The van der Waals surface area contributed by atoms with E-state index in [1.807, 2.05) is 24.3 Å². The van der Waals surface area contributed by atoms with Gasteiger partial charge in [0.05, 0.1) is 0 Å². The molecule has 1 heterocycles. The summed E-state index contributed by atoms with van der Waals surface area (Å²) >= 11 is 0. The van der Waals surface area contributed by atoms with E-state index in [4.69, 9.17) is 4.42 Å². The molecule has 2 aromatic rings. The molecule has 6 heteroatoms. The summed E-state index contributed by atoms with van der Waals surface area (Å²) in [5, 5.41) is 10.5. The van der Waals surface area contributed by atoms with E-state index in [0.717, 1.165) is 31.5 Å². The number of carbonyl (C=O) groups excluding carboxylic acids is 1. The maximum absolute atomic E-state index is 12.1. The van der Waals surface area contributed by atoms with Crippen LogP contribution in [0, 0.1) is 0 Å². The second kappa shape index (κ2) is 6.27. The molecule has 1 aliphatic rings. The Morgan fingerprint density at radius 2 is 2.00 bits per heavy atom. The third kappa shape index (κ3) is 3.71. The maximum atomic E-state index is 12.1. The number of hydrogen-bond acceptors (Lipinski definition) is 5. The van der Waals surface area contributed by atoms with Crippen LogP contribution in [0.5, 0.6) is 0 Å². The smallest absolute Gasteiger partial charge is 0.313 e. The number of benzene rings is 1. The van der Waals surface area contributed by atoms with Crippen molar-refractivity contribution in [3.8, 4) is 0 Å². The summed E-state index contributed by atoms with van der Waals surface area (Å²) in [7, 11) is 4.10. The lowest BCUT2D eigenvalue weighted by Gasteiger charge is -2.09. The largest absolute Gasteiger partial charge is 0.417 e. The summed E-state index contributed by atoms with van der Waals surface area (Å²) in [6.45, 7) is 0.998. The maximum Gasteiger partial charge on any atom is 0.313 e. The predicted octanol–water partition coefficient (Wildman–Crippen LogP) is 2.30. The van der Waals surface area contributed by atoms with Crippen LogP contribution in [0.2, 0.25) is 0 Å². The van der Waals surface area contributed by atoms with Crippen LogP contribution < -0.4 is 5.32 Å². The summed E-state index contributed by atoms with van der Waals surface area (Å²) in [5.41, 5.74) is 1.96. The van der Waals surface area contributed by atoms with Gasteiger partial charge in [0.15, 0.2) is 0 Å². The van der Waals surface area contributed by atoms with Crippen molar-refractivity contribution >= 4 is 11.6 Å². The molecule has 0 unspecified atom stereocenters. The predicted molar refractivity (Wildman–Crippen MR) is 82.9 cm³/mol. The Bertz CT molecular complexity index is 644. The van der Waals surface area contributed by atoms with Gasteiger partial charge in [0.2, 0.25) is 5.89 Å². The molecule has 1 aromatic heterocycles. The minimum absolute atomic E-state index is 0.0265. The number of aromatic nitrogens is 2. The SMILES string of the molecule is CN(C)CCc1ccc(NC(=O)c2nnc(C3CC3)o2)cc1. The third-order valence-corrected chi connectivity index (χ3v) is 3.62. The summed E-state index contributed by atoms with van der Waals surface area (Å²) in [5.74, 6) is 0.591. The Morgan fingerprint density at radius 1 is 1.27 bits per heavy atom. The van der Waals surface area contributed by atoms with Gasteiger partial charge in [-0.15, -0.1) is 10.2 Å². The van der Waals surface area contributed by atoms with Crippen LogP contribution >= 0.6 is 0 Å². The van der Waals surface area contributed by atoms with Gasteiger partial charge in [-0.25, -0.2) is 0 Å². The highest BCUT2D eigenvalue weighted by Gasteiger charge is 2.30. The van der Waals surface area contributed by atoms with Gasteiger partial charge in [-0.2, -0.15) is 0 Å². The van der Waals surface area contributed by atoms with Gasteiger partial charge in [-0.1, -0.05) is 12.1 Å². The number of rotatable bonds is 6. The van der Waals surface area contributed by atoms with Crippen molar-refractivity contribution in [1.29, 1.82) is 0 Å². The quantitative estimate of drug-likeness (QED) is 0.886. The van der Waals surface area contributed by atoms with E-state index >= 15 is 0 Å². The highest BCUT2D eigenvalue weighted by atomic mass is 16.4. The van der Waals surface area contributed by atoms with Gasteiger partial charge < -0.3 is 14.6 Å². The fourth-order valence-electron chi connectivity index (χ4n) is 2.11. The first-order valence-corrected chi connectivity index (χ1v) is 7.50. The van der Waals surface area contributed by atoms with Gasteiger partial charge >= 0.3 is 11.8 Å². The standard InChI is InChI=1S/C16H20N4O2/c1-20(2)10-9-11-3-7-13(8-4-11)17-14(21)16-19-18-15(22-16)12-5-6-12/h3-4,7-8,12H,5-6,9-10H2,1-2H3,(H,17,21). The number of hydrogen-bond donors (Lipinski definition) is 1. The monoisotopic (exact) mass is 300 g/mol. The van der Waals surface area contributed by atoms with Crippen LogP contribution in [-0.2, 0) is 6.42 Å². The van der Waals surface area contributed by atoms with E-state index in [-0.39, 0.29) is 11.8 Å². The van der Waals surface area contributed by atoms with E-state index in [1.165, 1.54) is 5.56 Å².